The van der Waals surface area contributed by atoms with E-state index in [-0.39, 0.29) is 12.6 Å². The van der Waals surface area contributed by atoms with Crippen LogP contribution < -0.4 is 0 Å². The van der Waals surface area contributed by atoms with Gasteiger partial charge in [-0.25, -0.2) is 4.98 Å². The standard InChI is InChI=1S/C21H18Cl2N2O3/c22-15-8-17-18(9-16(15)23)25-11-21(20(26)27,10-12-4-3-7-28-12)14-6-2-1-5-13(14)19(25)24-17/h1-2,5-6,8-9,12H,3-4,7,10-11H2,(H,26,27). The van der Waals surface area contributed by atoms with Crippen LogP contribution in [-0.4, -0.2) is 33.3 Å². The maximum absolute atomic E-state index is 12.7. The minimum absolute atomic E-state index is 0.0569. The Morgan fingerprint density at radius 2 is 2.07 bits per heavy atom. The van der Waals surface area contributed by atoms with Gasteiger partial charge >= 0.3 is 5.97 Å². The summed E-state index contributed by atoms with van der Waals surface area (Å²) in [4.78, 5) is 17.4. The zero-order valence-corrected chi connectivity index (χ0v) is 16.5. The van der Waals surface area contributed by atoms with Crippen molar-refractivity contribution in [2.24, 2.45) is 0 Å². The summed E-state index contributed by atoms with van der Waals surface area (Å²) in [5.41, 5.74) is 2.03. The lowest BCUT2D eigenvalue weighted by molar-refractivity contribution is -0.146. The molecule has 5 rings (SSSR count). The summed E-state index contributed by atoms with van der Waals surface area (Å²) in [5, 5.41) is 11.3. The number of ether oxygens (including phenoxy) is 1. The first-order valence-corrected chi connectivity index (χ1v) is 10.1. The number of aromatic nitrogens is 2. The topological polar surface area (TPSA) is 64.3 Å². The van der Waals surface area contributed by atoms with Crippen LogP contribution in [0.4, 0.5) is 0 Å². The highest BCUT2D eigenvalue weighted by molar-refractivity contribution is 6.42. The van der Waals surface area contributed by atoms with Crippen LogP contribution in [0.25, 0.3) is 22.4 Å². The maximum Gasteiger partial charge on any atom is 0.316 e. The summed E-state index contributed by atoms with van der Waals surface area (Å²) >= 11 is 12.4. The lowest BCUT2D eigenvalue weighted by Crippen LogP contribution is -2.45. The van der Waals surface area contributed by atoms with Gasteiger partial charge in [-0.2, -0.15) is 0 Å². The van der Waals surface area contributed by atoms with Gasteiger partial charge in [0.2, 0.25) is 0 Å². The molecular weight excluding hydrogens is 399 g/mol. The fourth-order valence-corrected chi connectivity index (χ4v) is 4.89. The Kier molecular flexibility index (Phi) is 4.16. The summed E-state index contributed by atoms with van der Waals surface area (Å²) in [5.74, 6) is -0.101. The zero-order valence-electron chi connectivity index (χ0n) is 15.0. The fraction of sp³-hybridized carbons (Fsp3) is 0.333. The number of imidazole rings is 1. The van der Waals surface area contributed by atoms with E-state index in [2.05, 4.69) is 0 Å². The highest BCUT2D eigenvalue weighted by atomic mass is 35.5. The molecule has 2 atom stereocenters. The highest BCUT2D eigenvalue weighted by Gasteiger charge is 2.48. The number of rotatable bonds is 3. The van der Waals surface area contributed by atoms with E-state index in [4.69, 9.17) is 32.9 Å². The van der Waals surface area contributed by atoms with Gasteiger partial charge in [-0.05, 0) is 37.0 Å². The van der Waals surface area contributed by atoms with Crippen LogP contribution in [0.3, 0.4) is 0 Å². The predicted molar refractivity (Wildman–Crippen MR) is 108 cm³/mol. The Balaban J connectivity index is 1.76. The van der Waals surface area contributed by atoms with Crippen LogP contribution >= 0.6 is 23.2 Å². The number of carbonyl (C=O) groups is 1. The minimum Gasteiger partial charge on any atom is -0.481 e. The monoisotopic (exact) mass is 416 g/mol. The molecule has 3 aromatic rings. The Labute approximate surface area is 171 Å². The summed E-state index contributed by atoms with van der Waals surface area (Å²) in [7, 11) is 0. The molecule has 0 bridgehead atoms. The molecule has 5 nitrogen and oxygen atoms in total. The third kappa shape index (κ3) is 2.57. The number of carboxylic acid groups (broad SMARTS) is 1. The number of aliphatic carboxylic acids is 1. The van der Waals surface area contributed by atoms with Gasteiger partial charge in [0.25, 0.3) is 0 Å². The van der Waals surface area contributed by atoms with Crippen molar-refractivity contribution < 1.29 is 14.6 Å². The van der Waals surface area contributed by atoms with Crippen LogP contribution in [0.5, 0.6) is 0 Å². The summed E-state index contributed by atoms with van der Waals surface area (Å²) in [6.07, 6.45) is 2.23. The molecule has 2 aromatic carbocycles. The number of hydrogen-bond donors (Lipinski definition) is 1. The Bertz CT molecular complexity index is 1100. The second-order valence-corrected chi connectivity index (χ2v) is 8.36. The van der Waals surface area contributed by atoms with E-state index in [9.17, 15) is 9.90 Å². The number of halogens is 2. The van der Waals surface area contributed by atoms with Gasteiger partial charge in [-0.3, -0.25) is 4.79 Å². The highest BCUT2D eigenvalue weighted by Crippen LogP contribution is 2.46. The van der Waals surface area contributed by atoms with E-state index in [1.807, 2.05) is 28.8 Å². The third-order valence-corrected chi connectivity index (χ3v) is 6.63. The molecule has 2 aliphatic heterocycles. The largest absolute Gasteiger partial charge is 0.481 e. The molecule has 1 fully saturated rings. The molecule has 28 heavy (non-hydrogen) atoms. The van der Waals surface area contributed by atoms with Crippen molar-refractivity contribution in [1.29, 1.82) is 0 Å². The number of fused-ring (bicyclic) bond motifs is 5. The molecule has 1 saturated heterocycles. The van der Waals surface area contributed by atoms with Gasteiger partial charge in [-0.1, -0.05) is 47.5 Å². The van der Waals surface area contributed by atoms with Crippen molar-refractivity contribution in [2.45, 2.75) is 37.3 Å². The lowest BCUT2D eigenvalue weighted by atomic mass is 9.71. The molecule has 1 N–H and O–H groups in total. The molecule has 1 aromatic heterocycles. The van der Waals surface area contributed by atoms with Crippen molar-refractivity contribution in [3.63, 3.8) is 0 Å². The van der Waals surface area contributed by atoms with Gasteiger partial charge in [0.1, 0.15) is 11.2 Å². The first-order chi connectivity index (χ1) is 13.5. The lowest BCUT2D eigenvalue weighted by Gasteiger charge is -2.37. The molecule has 0 saturated carbocycles. The molecule has 144 valence electrons. The molecule has 3 heterocycles. The second kappa shape index (κ2) is 6.48. The average molecular weight is 417 g/mol. The Hall–Kier alpha value is -2.08. The van der Waals surface area contributed by atoms with Crippen LogP contribution in [0.1, 0.15) is 24.8 Å². The van der Waals surface area contributed by atoms with E-state index in [0.29, 0.717) is 28.6 Å². The molecule has 0 amide bonds. The number of nitrogens with zero attached hydrogens (tertiary/aromatic N) is 2. The van der Waals surface area contributed by atoms with Gasteiger partial charge in [0.15, 0.2) is 0 Å². The van der Waals surface area contributed by atoms with Crippen molar-refractivity contribution in [3.8, 4) is 11.4 Å². The molecule has 7 heteroatoms. The molecule has 0 radical (unpaired) electrons. The molecule has 2 aliphatic rings. The zero-order chi connectivity index (χ0) is 19.5. The SMILES string of the molecule is O=C(O)C1(CC2CCCO2)Cn2c(nc3cc(Cl)c(Cl)cc32)-c2ccccc21. The van der Waals surface area contributed by atoms with E-state index in [1.165, 1.54) is 0 Å². The maximum atomic E-state index is 12.7. The number of hydrogen-bond acceptors (Lipinski definition) is 3. The first-order valence-electron chi connectivity index (χ1n) is 9.30. The van der Waals surface area contributed by atoms with E-state index in [1.54, 1.807) is 12.1 Å². The fourth-order valence-electron chi connectivity index (χ4n) is 4.57. The quantitative estimate of drug-likeness (QED) is 0.658. The Morgan fingerprint density at radius 3 is 2.82 bits per heavy atom. The average Bonchev–Trinajstić information content (AvgIpc) is 3.30. The third-order valence-electron chi connectivity index (χ3n) is 5.91. The molecule has 0 spiro atoms. The number of benzene rings is 2. The van der Waals surface area contributed by atoms with Gasteiger partial charge < -0.3 is 14.4 Å². The summed E-state index contributed by atoms with van der Waals surface area (Å²) in [6, 6.07) is 11.1. The van der Waals surface area contributed by atoms with Crippen molar-refractivity contribution in [3.05, 3.63) is 52.0 Å². The minimum atomic E-state index is -1.08. The number of carboxylic acids is 1. The predicted octanol–water partition coefficient (Wildman–Crippen LogP) is 4.92. The van der Waals surface area contributed by atoms with Crippen molar-refractivity contribution in [1.82, 2.24) is 9.55 Å². The van der Waals surface area contributed by atoms with Crippen LogP contribution in [0.2, 0.25) is 10.0 Å². The van der Waals surface area contributed by atoms with E-state index < -0.39 is 11.4 Å². The normalized spacial score (nSPS) is 23.6. The van der Waals surface area contributed by atoms with Crippen LogP contribution in [0, 0.1) is 0 Å². The molecule has 0 aliphatic carbocycles. The van der Waals surface area contributed by atoms with Gasteiger partial charge in [0.05, 0.1) is 27.2 Å². The van der Waals surface area contributed by atoms with Gasteiger partial charge in [0, 0.05) is 18.7 Å². The Morgan fingerprint density at radius 1 is 1.29 bits per heavy atom. The summed E-state index contributed by atoms with van der Waals surface area (Å²) < 4.78 is 7.77. The van der Waals surface area contributed by atoms with Crippen LogP contribution in [0.15, 0.2) is 36.4 Å². The molecule has 2 unspecified atom stereocenters. The van der Waals surface area contributed by atoms with Crippen molar-refractivity contribution in [2.75, 3.05) is 6.61 Å². The van der Waals surface area contributed by atoms with Crippen molar-refractivity contribution >= 4 is 40.2 Å². The second-order valence-electron chi connectivity index (χ2n) is 7.55. The summed E-state index contributed by atoms with van der Waals surface area (Å²) in [6.45, 7) is 0.971. The smallest absolute Gasteiger partial charge is 0.316 e. The molecular formula is C21H18Cl2N2O3. The van der Waals surface area contributed by atoms with Crippen LogP contribution in [-0.2, 0) is 21.5 Å². The first kappa shape index (κ1) is 18.0. The van der Waals surface area contributed by atoms with E-state index >= 15 is 0 Å². The van der Waals surface area contributed by atoms with Gasteiger partial charge in [-0.15, -0.1) is 0 Å². The van der Waals surface area contributed by atoms with E-state index in [0.717, 1.165) is 35.3 Å².